The van der Waals surface area contributed by atoms with Gasteiger partial charge in [-0.15, -0.1) is 0 Å². The summed E-state index contributed by atoms with van der Waals surface area (Å²) in [7, 11) is 0. The molecule has 0 aromatic heterocycles. The predicted molar refractivity (Wildman–Crippen MR) is 57.3 cm³/mol. The third-order valence-electron chi connectivity index (χ3n) is 2.52. The molecule has 5 nitrogen and oxygen atoms in total. The van der Waals surface area contributed by atoms with Gasteiger partial charge in [-0.3, -0.25) is 9.59 Å². The van der Waals surface area contributed by atoms with Crippen molar-refractivity contribution in [3.63, 3.8) is 0 Å². The molecule has 0 aliphatic rings. The number of nitrogens with one attached hydrogen (secondary N) is 1. The number of hydrogen-bond acceptors (Lipinski definition) is 3. The molecule has 0 spiro atoms. The summed E-state index contributed by atoms with van der Waals surface area (Å²) >= 11 is 0. The van der Waals surface area contributed by atoms with Gasteiger partial charge in [-0.1, -0.05) is 20.4 Å². The summed E-state index contributed by atoms with van der Waals surface area (Å²) in [4.78, 5) is 22.1. The molecular formula is C10H18N2O3. The lowest BCUT2D eigenvalue weighted by Gasteiger charge is -2.32. The van der Waals surface area contributed by atoms with Crippen molar-refractivity contribution in [1.82, 2.24) is 5.32 Å². The quantitative estimate of drug-likeness (QED) is 0.553. The van der Waals surface area contributed by atoms with Crippen LogP contribution >= 0.6 is 0 Å². The van der Waals surface area contributed by atoms with Crippen molar-refractivity contribution in [2.45, 2.75) is 38.3 Å². The standard InChI is InChI=1S/C10H18N2O3/c1-4-7(12-8(13)5-2)10(11,6-3)9(14)15/h5,7H,2,4,6,11H2,1,3H3,(H,12,13)(H,14,15). The number of carboxylic acid groups (broad SMARTS) is 1. The molecule has 15 heavy (non-hydrogen) atoms. The first-order valence-electron chi connectivity index (χ1n) is 4.87. The molecule has 0 aliphatic heterocycles. The maximum atomic E-state index is 11.1. The molecule has 0 fully saturated rings. The van der Waals surface area contributed by atoms with E-state index in [1.165, 1.54) is 0 Å². The van der Waals surface area contributed by atoms with Gasteiger partial charge in [-0.05, 0) is 18.9 Å². The number of carbonyl (C=O) groups is 2. The van der Waals surface area contributed by atoms with Crippen molar-refractivity contribution in [2.75, 3.05) is 0 Å². The van der Waals surface area contributed by atoms with Crippen LogP contribution in [0, 0.1) is 0 Å². The van der Waals surface area contributed by atoms with E-state index in [1.54, 1.807) is 13.8 Å². The second kappa shape index (κ2) is 5.50. The van der Waals surface area contributed by atoms with E-state index in [9.17, 15) is 9.59 Å². The van der Waals surface area contributed by atoms with E-state index >= 15 is 0 Å². The number of hydrogen-bond donors (Lipinski definition) is 3. The van der Waals surface area contributed by atoms with Crippen molar-refractivity contribution in [1.29, 1.82) is 0 Å². The smallest absolute Gasteiger partial charge is 0.325 e. The largest absolute Gasteiger partial charge is 0.480 e. The van der Waals surface area contributed by atoms with Gasteiger partial charge in [-0.2, -0.15) is 0 Å². The molecular weight excluding hydrogens is 196 g/mol. The predicted octanol–water partition coefficient (Wildman–Crippen LogP) is 0.259. The number of carboxylic acids is 1. The summed E-state index contributed by atoms with van der Waals surface area (Å²) in [6.45, 7) is 6.75. The molecule has 2 unspecified atom stereocenters. The van der Waals surface area contributed by atoms with Gasteiger partial charge in [0.1, 0.15) is 5.54 Å². The fourth-order valence-corrected chi connectivity index (χ4v) is 1.37. The average Bonchev–Trinajstić information content (AvgIpc) is 2.23. The molecule has 0 saturated carbocycles. The normalized spacial score (nSPS) is 16.2. The summed E-state index contributed by atoms with van der Waals surface area (Å²) in [5.41, 5.74) is 4.33. The first-order valence-corrected chi connectivity index (χ1v) is 4.87. The number of carbonyl (C=O) groups excluding carboxylic acids is 1. The Balaban J connectivity index is 4.83. The molecule has 0 aromatic rings. The van der Waals surface area contributed by atoms with E-state index in [0.717, 1.165) is 6.08 Å². The highest BCUT2D eigenvalue weighted by atomic mass is 16.4. The van der Waals surface area contributed by atoms with E-state index in [0.29, 0.717) is 6.42 Å². The van der Waals surface area contributed by atoms with Crippen LogP contribution in [0.25, 0.3) is 0 Å². The van der Waals surface area contributed by atoms with Crippen LogP contribution in [-0.2, 0) is 9.59 Å². The molecule has 0 aromatic carbocycles. The fraction of sp³-hybridized carbons (Fsp3) is 0.600. The van der Waals surface area contributed by atoms with Gasteiger partial charge in [0.25, 0.3) is 0 Å². The summed E-state index contributed by atoms with van der Waals surface area (Å²) in [6.07, 6.45) is 1.80. The van der Waals surface area contributed by atoms with Crippen LogP contribution in [0.4, 0.5) is 0 Å². The Morgan fingerprint density at radius 1 is 1.60 bits per heavy atom. The van der Waals surface area contributed by atoms with E-state index in [1.807, 2.05) is 0 Å². The van der Waals surface area contributed by atoms with Gasteiger partial charge in [0.15, 0.2) is 0 Å². The molecule has 0 heterocycles. The molecule has 0 rings (SSSR count). The van der Waals surface area contributed by atoms with Crippen molar-refractivity contribution in [3.05, 3.63) is 12.7 Å². The zero-order chi connectivity index (χ0) is 12.1. The number of rotatable bonds is 6. The highest BCUT2D eigenvalue weighted by Crippen LogP contribution is 2.15. The summed E-state index contributed by atoms with van der Waals surface area (Å²) in [5, 5.41) is 11.5. The van der Waals surface area contributed by atoms with Crippen molar-refractivity contribution < 1.29 is 14.7 Å². The van der Waals surface area contributed by atoms with Crippen LogP contribution in [0.3, 0.4) is 0 Å². The first kappa shape index (κ1) is 13.6. The number of amides is 1. The first-order chi connectivity index (χ1) is 6.92. The van der Waals surface area contributed by atoms with Crippen molar-refractivity contribution >= 4 is 11.9 Å². The Kier molecular flexibility index (Phi) is 5.00. The van der Waals surface area contributed by atoms with Crippen LogP contribution in [-0.4, -0.2) is 28.6 Å². The molecule has 0 bridgehead atoms. The van der Waals surface area contributed by atoms with Gasteiger partial charge in [0, 0.05) is 0 Å². The molecule has 2 atom stereocenters. The van der Waals surface area contributed by atoms with E-state index < -0.39 is 23.5 Å². The fourth-order valence-electron chi connectivity index (χ4n) is 1.37. The molecule has 0 radical (unpaired) electrons. The van der Waals surface area contributed by atoms with Crippen LogP contribution in [0.15, 0.2) is 12.7 Å². The van der Waals surface area contributed by atoms with Gasteiger partial charge in [0.2, 0.25) is 5.91 Å². The lowest BCUT2D eigenvalue weighted by molar-refractivity contribution is -0.145. The molecule has 0 aliphatic carbocycles. The molecule has 0 saturated heterocycles. The van der Waals surface area contributed by atoms with Crippen LogP contribution in [0.5, 0.6) is 0 Å². The lowest BCUT2D eigenvalue weighted by atomic mass is 9.86. The number of nitrogens with two attached hydrogens (primary N) is 1. The Morgan fingerprint density at radius 3 is 2.40 bits per heavy atom. The van der Waals surface area contributed by atoms with Crippen LogP contribution in [0.2, 0.25) is 0 Å². The van der Waals surface area contributed by atoms with Crippen LogP contribution in [0.1, 0.15) is 26.7 Å². The summed E-state index contributed by atoms with van der Waals surface area (Å²) < 4.78 is 0. The number of aliphatic carboxylic acids is 1. The minimum atomic E-state index is -1.42. The second-order valence-electron chi connectivity index (χ2n) is 3.37. The molecule has 1 amide bonds. The average molecular weight is 214 g/mol. The van der Waals surface area contributed by atoms with Gasteiger partial charge < -0.3 is 16.2 Å². The summed E-state index contributed by atoms with van der Waals surface area (Å²) in [5.74, 6) is -1.52. The maximum absolute atomic E-state index is 11.1. The van der Waals surface area contributed by atoms with E-state index in [4.69, 9.17) is 10.8 Å². The SMILES string of the molecule is C=CC(=O)NC(CC)C(N)(CC)C(=O)O. The Hall–Kier alpha value is -1.36. The topological polar surface area (TPSA) is 92.4 Å². The minimum absolute atomic E-state index is 0.248. The zero-order valence-electron chi connectivity index (χ0n) is 9.12. The Bertz CT molecular complexity index is 265. The molecule has 4 N–H and O–H groups in total. The van der Waals surface area contributed by atoms with Gasteiger partial charge >= 0.3 is 5.97 Å². The third-order valence-corrected chi connectivity index (χ3v) is 2.52. The Labute approximate surface area is 89.3 Å². The monoisotopic (exact) mass is 214 g/mol. The highest BCUT2D eigenvalue weighted by Gasteiger charge is 2.40. The zero-order valence-corrected chi connectivity index (χ0v) is 9.12. The molecule has 5 heteroatoms. The van der Waals surface area contributed by atoms with Crippen molar-refractivity contribution in [3.8, 4) is 0 Å². The van der Waals surface area contributed by atoms with Gasteiger partial charge in [0.05, 0.1) is 6.04 Å². The summed E-state index contributed by atoms with van der Waals surface area (Å²) in [6, 6.07) is -0.592. The van der Waals surface area contributed by atoms with Gasteiger partial charge in [-0.25, -0.2) is 0 Å². The minimum Gasteiger partial charge on any atom is -0.480 e. The second-order valence-corrected chi connectivity index (χ2v) is 3.37. The van der Waals surface area contributed by atoms with Crippen molar-refractivity contribution in [2.24, 2.45) is 5.73 Å². The maximum Gasteiger partial charge on any atom is 0.325 e. The highest BCUT2D eigenvalue weighted by molar-refractivity contribution is 5.88. The third kappa shape index (κ3) is 3.06. The van der Waals surface area contributed by atoms with E-state index in [-0.39, 0.29) is 6.42 Å². The van der Waals surface area contributed by atoms with Crippen LogP contribution < -0.4 is 11.1 Å². The Morgan fingerprint density at radius 2 is 2.13 bits per heavy atom. The lowest BCUT2D eigenvalue weighted by Crippen LogP contribution is -2.62. The van der Waals surface area contributed by atoms with E-state index in [2.05, 4.69) is 11.9 Å². The molecule has 86 valence electrons.